The number of unbranched alkanes of at least 4 members (excludes halogenated alkanes) is 2. The monoisotopic (exact) mass is 361 g/mol. The lowest BCUT2D eigenvalue weighted by Gasteiger charge is -2.16. The van der Waals surface area contributed by atoms with Crippen molar-refractivity contribution in [2.24, 2.45) is 5.92 Å². The van der Waals surface area contributed by atoms with Gasteiger partial charge >= 0.3 is 0 Å². The highest BCUT2D eigenvalue weighted by Gasteiger charge is 2.35. The first-order chi connectivity index (χ1) is 12.1. The van der Waals surface area contributed by atoms with Gasteiger partial charge in [-0.05, 0) is 44.4 Å². The Kier molecular flexibility index (Phi) is 5.65. The summed E-state index contributed by atoms with van der Waals surface area (Å²) in [5.41, 5.74) is 1.70. The summed E-state index contributed by atoms with van der Waals surface area (Å²) in [5, 5.41) is 12.6. The van der Waals surface area contributed by atoms with Crippen molar-refractivity contribution in [3.63, 3.8) is 0 Å². The number of hydrogen-bond acceptors (Lipinski definition) is 5. The summed E-state index contributed by atoms with van der Waals surface area (Å²) < 4.78 is 1.10. The number of aryl methyl sites for hydroxylation is 1. The molecule has 6 nitrogen and oxygen atoms in total. The Balaban J connectivity index is 1.60. The van der Waals surface area contributed by atoms with E-state index >= 15 is 0 Å². The van der Waals surface area contributed by atoms with E-state index in [0.29, 0.717) is 13.1 Å². The van der Waals surface area contributed by atoms with Gasteiger partial charge in [0.1, 0.15) is 0 Å². The van der Waals surface area contributed by atoms with Crippen LogP contribution in [-0.4, -0.2) is 41.6 Å². The highest BCUT2D eigenvalue weighted by Crippen LogP contribution is 2.30. The maximum atomic E-state index is 12.3. The molecule has 1 fully saturated rings. The molecule has 2 aromatic rings. The van der Waals surface area contributed by atoms with Crippen molar-refractivity contribution >= 4 is 39.1 Å². The van der Waals surface area contributed by atoms with Gasteiger partial charge in [0.25, 0.3) is 0 Å². The van der Waals surface area contributed by atoms with Crippen molar-refractivity contribution in [3.8, 4) is 0 Å². The number of benzene rings is 1. The Labute approximate surface area is 150 Å². The van der Waals surface area contributed by atoms with Crippen LogP contribution in [0.15, 0.2) is 18.2 Å². The van der Waals surface area contributed by atoms with Gasteiger partial charge in [-0.25, -0.2) is 4.98 Å². The van der Waals surface area contributed by atoms with Crippen molar-refractivity contribution in [1.82, 2.24) is 10.3 Å². The van der Waals surface area contributed by atoms with Gasteiger partial charge in [-0.15, -0.1) is 11.3 Å². The fourth-order valence-corrected chi connectivity index (χ4v) is 3.91. The Morgan fingerprint density at radius 2 is 2.24 bits per heavy atom. The Hall–Kier alpha value is -1.99. The molecule has 7 heteroatoms. The number of fused-ring (bicyclic) bond motifs is 1. The molecule has 1 atom stereocenters. The van der Waals surface area contributed by atoms with Crippen LogP contribution in [0, 0.1) is 12.8 Å². The summed E-state index contributed by atoms with van der Waals surface area (Å²) in [6.07, 6.45) is 2.73. The van der Waals surface area contributed by atoms with Crippen LogP contribution in [0.25, 0.3) is 10.2 Å². The average Bonchev–Trinajstić information content (AvgIpc) is 3.15. The van der Waals surface area contributed by atoms with Crippen LogP contribution >= 0.6 is 11.3 Å². The second-order valence-corrected chi connectivity index (χ2v) is 7.60. The van der Waals surface area contributed by atoms with Gasteiger partial charge in [0.2, 0.25) is 11.8 Å². The number of rotatable bonds is 7. The predicted molar refractivity (Wildman–Crippen MR) is 98.8 cm³/mol. The zero-order chi connectivity index (χ0) is 17.8. The first-order valence-electron chi connectivity index (χ1n) is 8.64. The Morgan fingerprint density at radius 1 is 1.40 bits per heavy atom. The Bertz CT molecular complexity index is 774. The third kappa shape index (κ3) is 4.16. The van der Waals surface area contributed by atoms with Crippen LogP contribution in [0.1, 0.15) is 30.7 Å². The van der Waals surface area contributed by atoms with Gasteiger partial charge in [0, 0.05) is 31.8 Å². The standard InChI is InChI=1S/C18H23N3O3S/c1-12-20-15-10-14(5-6-16(15)25-12)21-11-13(9-17(21)23)18(24)19-7-3-2-4-8-22/h5-6,10,13,22H,2-4,7-9,11H2,1H3,(H,19,24). The fraction of sp³-hybridized carbons (Fsp3) is 0.500. The minimum Gasteiger partial charge on any atom is -0.396 e. The smallest absolute Gasteiger partial charge is 0.227 e. The lowest BCUT2D eigenvalue weighted by molar-refractivity contribution is -0.126. The molecule has 0 aliphatic carbocycles. The van der Waals surface area contributed by atoms with Gasteiger partial charge < -0.3 is 15.3 Å². The van der Waals surface area contributed by atoms with E-state index in [2.05, 4.69) is 10.3 Å². The van der Waals surface area contributed by atoms with E-state index in [9.17, 15) is 9.59 Å². The molecule has 1 saturated heterocycles. The van der Waals surface area contributed by atoms with E-state index in [1.54, 1.807) is 16.2 Å². The predicted octanol–water partition coefficient (Wildman–Crippen LogP) is 2.24. The first-order valence-corrected chi connectivity index (χ1v) is 9.46. The molecular weight excluding hydrogens is 338 g/mol. The largest absolute Gasteiger partial charge is 0.396 e. The van der Waals surface area contributed by atoms with E-state index < -0.39 is 0 Å². The van der Waals surface area contributed by atoms with E-state index in [1.165, 1.54) is 0 Å². The maximum Gasteiger partial charge on any atom is 0.227 e. The van der Waals surface area contributed by atoms with Gasteiger partial charge in [-0.3, -0.25) is 9.59 Å². The molecule has 2 N–H and O–H groups in total. The molecule has 0 saturated carbocycles. The number of nitrogens with zero attached hydrogens (tertiary/aromatic N) is 2. The molecule has 1 unspecified atom stereocenters. The molecule has 2 amide bonds. The third-order valence-corrected chi connectivity index (χ3v) is 5.37. The first kappa shape index (κ1) is 17.8. The van der Waals surface area contributed by atoms with Crippen molar-refractivity contribution < 1.29 is 14.7 Å². The number of aliphatic hydroxyl groups excluding tert-OH is 1. The van der Waals surface area contributed by atoms with Crippen LogP contribution in [-0.2, 0) is 9.59 Å². The second-order valence-electron chi connectivity index (χ2n) is 6.37. The summed E-state index contributed by atoms with van der Waals surface area (Å²) in [6.45, 7) is 3.15. The van der Waals surface area contributed by atoms with Gasteiger partial charge in [-0.2, -0.15) is 0 Å². The molecule has 0 spiro atoms. The second kappa shape index (κ2) is 7.93. The molecular formula is C18H23N3O3S. The minimum atomic E-state index is -0.307. The maximum absolute atomic E-state index is 12.3. The molecule has 134 valence electrons. The van der Waals surface area contributed by atoms with E-state index in [1.807, 2.05) is 25.1 Å². The SMILES string of the molecule is Cc1nc2cc(N3CC(C(=O)NCCCCCO)CC3=O)ccc2s1. The number of nitrogens with one attached hydrogen (secondary N) is 1. The number of hydrogen-bond donors (Lipinski definition) is 2. The molecule has 0 bridgehead atoms. The Morgan fingerprint density at radius 3 is 3.04 bits per heavy atom. The number of thiazole rings is 1. The van der Waals surface area contributed by atoms with E-state index in [0.717, 1.165) is 40.2 Å². The van der Waals surface area contributed by atoms with Crippen molar-refractivity contribution in [2.45, 2.75) is 32.6 Å². The molecule has 1 aliphatic heterocycles. The number of amides is 2. The summed E-state index contributed by atoms with van der Waals surface area (Å²) in [6, 6.07) is 5.83. The molecule has 1 aromatic carbocycles. The zero-order valence-corrected chi connectivity index (χ0v) is 15.1. The molecule has 25 heavy (non-hydrogen) atoms. The molecule has 3 rings (SSSR count). The van der Waals surface area contributed by atoms with Crippen molar-refractivity contribution in [1.29, 1.82) is 0 Å². The molecule has 1 aromatic heterocycles. The molecule has 0 radical (unpaired) electrons. The van der Waals surface area contributed by atoms with Crippen molar-refractivity contribution in [3.05, 3.63) is 23.2 Å². The van der Waals surface area contributed by atoms with Gasteiger partial charge in [0.15, 0.2) is 0 Å². The summed E-state index contributed by atoms with van der Waals surface area (Å²) in [4.78, 5) is 30.8. The topological polar surface area (TPSA) is 82.5 Å². The van der Waals surface area contributed by atoms with Crippen molar-refractivity contribution in [2.75, 3.05) is 24.6 Å². The number of carbonyl (C=O) groups is 2. The van der Waals surface area contributed by atoms with Crippen LogP contribution in [0.5, 0.6) is 0 Å². The average molecular weight is 361 g/mol. The third-order valence-electron chi connectivity index (χ3n) is 4.42. The highest BCUT2D eigenvalue weighted by atomic mass is 32.1. The highest BCUT2D eigenvalue weighted by molar-refractivity contribution is 7.18. The fourth-order valence-electron chi connectivity index (χ4n) is 3.10. The quantitative estimate of drug-likeness (QED) is 0.741. The lowest BCUT2D eigenvalue weighted by atomic mass is 10.1. The van der Waals surface area contributed by atoms with E-state index in [-0.39, 0.29) is 30.8 Å². The summed E-state index contributed by atoms with van der Waals surface area (Å²) in [5.74, 6) is -0.393. The number of aromatic nitrogens is 1. The normalized spacial score (nSPS) is 17.4. The lowest BCUT2D eigenvalue weighted by Crippen LogP contribution is -2.33. The number of anilines is 1. The number of carbonyl (C=O) groups excluding carboxylic acids is 2. The number of aliphatic hydroxyl groups is 1. The van der Waals surface area contributed by atoms with Crippen LogP contribution in [0.4, 0.5) is 5.69 Å². The van der Waals surface area contributed by atoms with Crippen LogP contribution < -0.4 is 10.2 Å². The molecule has 1 aliphatic rings. The minimum absolute atomic E-state index is 0.0215. The molecule has 2 heterocycles. The van der Waals surface area contributed by atoms with Gasteiger partial charge in [0.05, 0.1) is 21.1 Å². The summed E-state index contributed by atoms with van der Waals surface area (Å²) >= 11 is 1.63. The summed E-state index contributed by atoms with van der Waals surface area (Å²) in [7, 11) is 0. The van der Waals surface area contributed by atoms with Crippen LogP contribution in [0.2, 0.25) is 0 Å². The van der Waals surface area contributed by atoms with Crippen LogP contribution in [0.3, 0.4) is 0 Å². The van der Waals surface area contributed by atoms with Gasteiger partial charge in [-0.1, -0.05) is 0 Å². The zero-order valence-electron chi connectivity index (χ0n) is 14.3. The van der Waals surface area contributed by atoms with E-state index in [4.69, 9.17) is 5.11 Å².